The molecule has 0 radical (unpaired) electrons. The molecule has 0 aromatic heterocycles. The molecule has 0 saturated carbocycles. The predicted molar refractivity (Wildman–Crippen MR) is 92.3 cm³/mol. The molecular formula is C17H19BrFNS. The van der Waals surface area contributed by atoms with Crippen LogP contribution in [-0.2, 0) is 0 Å². The second-order valence-electron chi connectivity index (χ2n) is 4.77. The average Bonchev–Trinajstić information content (AvgIpc) is 2.50. The van der Waals surface area contributed by atoms with Crippen LogP contribution >= 0.6 is 27.7 Å². The van der Waals surface area contributed by atoms with Gasteiger partial charge in [0.05, 0.1) is 0 Å². The lowest BCUT2D eigenvalue weighted by atomic mass is 10.1. The van der Waals surface area contributed by atoms with Gasteiger partial charge in [-0.25, -0.2) is 4.39 Å². The predicted octanol–water partition coefficient (Wildman–Crippen LogP) is 5.42. The Bertz CT molecular complexity index is 576. The molecule has 2 aromatic carbocycles. The third-order valence-corrected chi connectivity index (χ3v) is 5.28. The van der Waals surface area contributed by atoms with Crippen LogP contribution in [0.3, 0.4) is 0 Å². The van der Waals surface area contributed by atoms with E-state index in [9.17, 15) is 4.39 Å². The average molecular weight is 368 g/mol. The van der Waals surface area contributed by atoms with E-state index in [1.807, 2.05) is 30.3 Å². The molecule has 4 heteroatoms. The fraction of sp³-hybridized carbons (Fsp3) is 0.294. The van der Waals surface area contributed by atoms with E-state index < -0.39 is 0 Å². The second kappa shape index (κ2) is 8.57. The smallest absolute Gasteiger partial charge is 0.128 e. The zero-order chi connectivity index (χ0) is 15.1. The highest BCUT2D eigenvalue weighted by Crippen LogP contribution is 2.31. The van der Waals surface area contributed by atoms with Crippen molar-refractivity contribution in [3.05, 3.63) is 64.4 Å². The van der Waals surface area contributed by atoms with Crippen LogP contribution in [0.25, 0.3) is 0 Å². The zero-order valence-corrected chi connectivity index (χ0v) is 14.4. The fourth-order valence-corrected chi connectivity index (χ4v) is 3.72. The van der Waals surface area contributed by atoms with Crippen LogP contribution in [-0.4, -0.2) is 12.3 Å². The first-order valence-corrected chi connectivity index (χ1v) is 8.85. The topological polar surface area (TPSA) is 12.0 Å². The Kier molecular flexibility index (Phi) is 6.74. The lowest BCUT2D eigenvalue weighted by molar-refractivity contribution is 0.532. The summed E-state index contributed by atoms with van der Waals surface area (Å²) < 4.78 is 15.1. The first kappa shape index (κ1) is 16.5. The summed E-state index contributed by atoms with van der Waals surface area (Å²) >= 11 is 5.29. The summed E-state index contributed by atoms with van der Waals surface area (Å²) in [5.41, 5.74) is 0.741. The zero-order valence-electron chi connectivity index (χ0n) is 12.0. The first-order valence-electron chi connectivity index (χ1n) is 7.07. The van der Waals surface area contributed by atoms with Gasteiger partial charge in [0.1, 0.15) is 5.82 Å². The van der Waals surface area contributed by atoms with E-state index in [0.29, 0.717) is 0 Å². The lowest BCUT2D eigenvalue weighted by Crippen LogP contribution is -2.25. The van der Waals surface area contributed by atoms with Crippen molar-refractivity contribution >= 4 is 27.7 Å². The maximum atomic E-state index is 14.0. The van der Waals surface area contributed by atoms with Gasteiger partial charge >= 0.3 is 0 Å². The summed E-state index contributed by atoms with van der Waals surface area (Å²) in [6.45, 7) is 3.00. The number of hydrogen-bond acceptors (Lipinski definition) is 2. The molecule has 1 atom stereocenters. The van der Waals surface area contributed by atoms with Gasteiger partial charge in [0, 0.05) is 26.7 Å². The van der Waals surface area contributed by atoms with E-state index in [2.05, 4.69) is 34.2 Å². The van der Waals surface area contributed by atoms with E-state index in [1.54, 1.807) is 17.8 Å². The molecule has 2 aromatic rings. The van der Waals surface area contributed by atoms with Gasteiger partial charge in [0.25, 0.3) is 0 Å². The molecule has 0 aliphatic rings. The minimum Gasteiger partial charge on any atom is -0.309 e. The maximum Gasteiger partial charge on any atom is 0.128 e. The van der Waals surface area contributed by atoms with E-state index in [1.165, 1.54) is 11.0 Å². The lowest BCUT2D eigenvalue weighted by Gasteiger charge is -2.19. The minimum absolute atomic E-state index is 0.0169. The summed E-state index contributed by atoms with van der Waals surface area (Å²) in [5.74, 6) is 0.655. The number of nitrogens with one attached hydrogen (secondary N) is 1. The van der Waals surface area contributed by atoms with Crippen LogP contribution in [0.5, 0.6) is 0 Å². The Labute approximate surface area is 138 Å². The van der Waals surface area contributed by atoms with E-state index in [-0.39, 0.29) is 11.9 Å². The van der Waals surface area contributed by atoms with Crippen LogP contribution in [0.2, 0.25) is 0 Å². The number of thioether (sulfide) groups is 1. The summed E-state index contributed by atoms with van der Waals surface area (Å²) in [5, 5.41) is 3.44. The highest BCUT2D eigenvalue weighted by atomic mass is 79.9. The number of rotatable bonds is 7. The Morgan fingerprint density at radius 3 is 2.57 bits per heavy atom. The van der Waals surface area contributed by atoms with Crippen LogP contribution in [0.1, 0.15) is 24.9 Å². The van der Waals surface area contributed by atoms with E-state index >= 15 is 0 Å². The number of benzene rings is 2. The number of hydrogen-bond donors (Lipinski definition) is 1. The van der Waals surface area contributed by atoms with Crippen molar-refractivity contribution in [3.63, 3.8) is 0 Å². The summed E-state index contributed by atoms with van der Waals surface area (Å²) in [7, 11) is 0. The third kappa shape index (κ3) is 4.83. The number of halogens is 2. The molecule has 0 aliphatic heterocycles. The van der Waals surface area contributed by atoms with Gasteiger partial charge in [-0.3, -0.25) is 0 Å². The van der Waals surface area contributed by atoms with Gasteiger partial charge < -0.3 is 5.32 Å². The van der Waals surface area contributed by atoms with Gasteiger partial charge in [-0.1, -0.05) is 37.3 Å². The standard InChI is InChI=1S/C17H19BrFNS/c1-2-11-20-16(13-7-3-5-9-15(13)19)12-21-17-10-6-4-8-14(17)18/h3-10,16,20H,2,11-12H2,1H3. The molecule has 0 spiro atoms. The van der Waals surface area contributed by atoms with Crippen molar-refractivity contribution < 1.29 is 4.39 Å². The van der Waals surface area contributed by atoms with Crippen molar-refractivity contribution in [1.29, 1.82) is 0 Å². The Hall–Kier alpha value is -0.840. The van der Waals surface area contributed by atoms with Crippen molar-refractivity contribution in [2.24, 2.45) is 0 Å². The molecule has 1 unspecified atom stereocenters. The Morgan fingerprint density at radius 2 is 1.86 bits per heavy atom. The largest absolute Gasteiger partial charge is 0.309 e. The van der Waals surface area contributed by atoms with Crippen LogP contribution in [0.15, 0.2) is 57.9 Å². The van der Waals surface area contributed by atoms with Crippen LogP contribution < -0.4 is 5.32 Å². The molecule has 21 heavy (non-hydrogen) atoms. The van der Waals surface area contributed by atoms with Gasteiger partial charge in [-0.05, 0) is 47.1 Å². The molecule has 0 saturated heterocycles. The van der Waals surface area contributed by atoms with Crippen molar-refractivity contribution in [1.82, 2.24) is 5.32 Å². The summed E-state index contributed by atoms with van der Waals surface area (Å²) in [6, 6.07) is 15.2. The molecular weight excluding hydrogens is 349 g/mol. The first-order chi connectivity index (χ1) is 10.2. The Morgan fingerprint density at radius 1 is 1.14 bits per heavy atom. The molecule has 0 aliphatic carbocycles. The third-order valence-electron chi connectivity index (χ3n) is 3.16. The molecule has 0 fully saturated rings. The van der Waals surface area contributed by atoms with Crippen molar-refractivity contribution in [3.8, 4) is 0 Å². The van der Waals surface area contributed by atoms with Crippen LogP contribution in [0, 0.1) is 5.82 Å². The summed E-state index contributed by atoms with van der Waals surface area (Å²) in [4.78, 5) is 1.18. The highest BCUT2D eigenvalue weighted by molar-refractivity contribution is 9.10. The SMILES string of the molecule is CCCNC(CSc1ccccc1Br)c1ccccc1F. The molecule has 1 N–H and O–H groups in total. The molecule has 0 amide bonds. The minimum atomic E-state index is -0.140. The van der Waals surface area contributed by atoms with Gasteiger partial charge in [-0.2, -0.15) is 0 Å². The van der Waals surface area contributed by atoms with E-state index in [0.717, 1.165) is 28.8 Å². The second-order valence-corrected chi connectivity index (χ2v) is 6.69. The van der Waals surface area contributed by atoms with Gasteiger partial charge in [0.15, 0.2) is 0 Å². The molecule has 2 rings (SSSR count). The Balaban J connectivity index is 2.10. The van der Waals surface area contributed by atoms with Crippen LogP contribution in [0.4, 0.5) is 4.39 Å². The molecule has 0 heterocycles. The quantitative estimate of drug-likeness (QED) is 0.655. The fourth-order valence-electron chi connectivity index (χ4n) is 2.07. The van der Waals surface area contributed by atoms with Gasteiger partial charge in [0.2, 0.25) is 0 Å². The molecule has 112 valence electrons. The molecule has 0 bridgehead atoms. The van der Waals surface area contributed by atoms with Crippen molar-refractivity contribution in [2.75, 3.05) is 12.3 Å². The summed E-state index contributed by atoms with van der Waals surface area (Å²) in [6.07, 6.45) is 1.03. The highest BCUT2D eigenvalue weighted by Gasteiger charge is 2.15. The van der Waals surface area contributed by atoms with E-state index in [4.69, 9.17) is 0 Å². The maximum absolute atomic E-state index is 14.0. The monoisotopic (exact) mass is 367 g/mol. The van der Waals surface area contributed by atoms with Gasteiger partial charge in [-0.15, -0.1) is 11.8 Å². The normalized spacial score (nSPS) is 12.3. The molecule has 1 nitrogen and oxygen atoms in total. The van der Waals surface area contributed by atoms with Crippen molar-refractivity contribution in [2.45, 2.75) is 24.3 Å².